The average Bonchev–Trinajstić information content (AvgIpc) is 2.91. The highest BCUT2D eigenvalue weighted by Crippen LogP contribution is 2.34. The van der Waals surface area contributed by atoms with Crippen LogP contribution < -0.4 is 10.1 Å². The van der Waals surface area contributed by atoms with Crippen molar-refractivity contribution in [1.82, 2.24) is 5.32 Å². The molecule has 0 unspecified atom stereocenters. The summed E-state index contributed by atoms with van der Waals surface area (Å²) in [6.45, 7) is 1.95. The molecule has 17 heavy (non-hydrogen) atoms. The monoisotopic (exact) mass is 233 g/mol. The van der Waals surface area contributed by atoms with E-state index in [0.29, 0.717) is 6.04 Å². The second-order valence-corrected chi connectivity index (χ2v) is 4.93. The van der Waals surface area contributed by atoms with Gasteiger partial charge in [0.25, 0.3) is 0 Å². The minimum atomic E-state index is 0.0723. The molecule has 2 aliphatic rings. The van der Waals surface area contributed by atoms with E-state index in [-0.39, 0.29) is 6.61 Å². The maximum atomic E-state index is 9.46. The molecule has 2 N–H and O–H groups in total. The Hall–Kier alpha value is -1.06. The third kappa shape index (κ3) is 2.05. The van der Waals surface area contributed by atoms with Gasteiger partial charge in [-0.15, -0.1) is 0 Å². The molecule has 3 rings (SSSR count). The van der Waals surface area contributed by atoms with Crippen molar-refractivity contribution in [3.63, 3.8) is 0 Å². The van der Waals surface area contributed by atoms with Crippen LogP contribution in [0.25, 0.3) is 0 Å². The molecule has 0 saturated carbocycles. The summed E-state index contributed by atoms with van der Waals surface area (Å²) in [5.74, 6) is 0.931. The number of fused-ring (bicyclic) bond motifs is 1. The van der Waals surface area contributed by atoms with E-state index in [9.17, 15) is 5.11 Å². The molecule has 0 spiro atoms. The van der Waals surface area contributed by atoms with Gasteiger partial charge in [0.1, 0.15) is 5.75 Å². The first-order valence-electron chi connectivity index (χ1n) is 6.51. The third-order valence-corrected chi connectivity index (χ3v) is 3.73. The Bertz CT molecular complexity index is 394. The first kappa shape index (κ1) is 11.1. The Morgan fingerprint density at radius 1 is 1.35 bits per heavy atom. The normalized spacial score (nSPS) is 23.2. The highest BCUT2D eigenvalue weighted by molar-refractivity contribution is 5.46. The maximum Gasteiger partial charge on any atom is 0.128 e. The fourth-order valence-electron chi connectivity index (χ4n) is 2.88. The van der Waals surface area contributed by atoms with Gasteiger partial charge in [-0.2, -0.15) is 0 Å². The summed E-state index contributed by atoms with van der Waals surface area (Å²) in [7, 11) is 0. The number of hydrogen-bond acceptors (Lipinski definition) is 3. The minimum Gasteiger partial charge on any atom is -0.493 e. The van der Waals surface area contributed by atoms with Gasteiger partial charge in [-0.05, 0) is 49.4 Å². The van der Waals surface area contributed by atoms with Crippen molar-refractivity contribution in [1.29, 1.82) is 0 Å². The zero-order valence-electron chi connectivity index (χ0n) is 10.0. The smallest absolute Gasteiger partial charge is 0.128 e. The van der Waals surface area contributed by atoms with E-state index in [0.717, 1.165) is 37.3 Å². The van der Waals surface area contributed by atoms with Gasteiger partial charge in [0, 0.05) is 11.6 Å². The number of aliphatic hydroxyl groups excluding tert-OH is 1. The predicted molar refractivity (Wildman–Crippen MR) is 66.2 cm³/mol. The van der Waals surface area contributed by atoms with Crippen LogP contribution in [0, 0.1) is 0 Å². The largest absolute Gasteiger partial charge is 0.493 e. The highest BCUT2D eigenvalue weighted by atomic mass is 16.5. The molecule has 0 amide bonds. The number of rotatable bonds is 2. The molecule has 3 heteroatoms. The van der Waals surface area contributed by atoms with Gasteiger partial charge < -0.3 is 15.2 Å². The van der Waals surface area contributed by atoms with Crippen molar-refractivity contribution < 1.29 is 9.84 Å². The van der Waals surface area contributed by atoms with Gasteiger partial charge >= 0.3 is 0 Å². The van der Waals surface area contributed by atoms with Crippen LogP contribution in [-0.4, -0.2) is 18.3 Å². The molecule has 2 aliphatic heterocycles. The van der Waals surface area contributed by atoms with Crippen LogP contribution in [0.15, 0.2) is 12.1 Å². The second kappa shape index (κ2) is 4.67. The zero-order valence-corrected chi connectivity index (χ0v) is 10.0. The number of ether oxygens (including phenoxy) is 1. The summed E-state index contributed by atoms with van der Waals surface area (Å²) in [5, 5.41) is 13.0. The molecule has 1 fully saturated rings. The Kier molecular flexibility index (Phi) is 3.04. The minimum absolute atomic E-state index is 0.0723. The van der Waals surface area contributed by atoms with Crippen LogP contribution in [-0.2, 0) is 13.0 Å². The van der Waals surface area contributed by atoms with Crippen molar-refractivity contribution in [3.8, 4) is 5.75 Å². The van der Waals surface area contributed by atoms with Gasteiger partial charge in [-0.3, -0.25) is 0 Å². The molecule has 3 nitrogen and oxygen atoms in total. The van der Waals surface area contributed by atoms with E-state index in [1.165, 1.54) is 24.0 Å². The SMILES string of the molecule is OCc1cc([C@H]2CCCN2)cc2c1OCCC2. The Balaban J connectivity index is 1.99. The standard InChI is InChI=1S/C14H19NO2/c16-9-12-8-11(13-4-1-5-15-13)7-10-3-2-6-17-14(10)12/h7-8,13,15-16H,1-6,9H2/t13-/m1/s1. The number of nitrogens with one attached hydrogen (secondary N) is 1. The molecule has 1 aromatic rings. The summed E-state index contributed by atoms with van der Waals surface area (Å²) in [6.07, 6.45) is 4.60. The first-order chi connectivity index (χ1) is 8.38. The third-order valence-electron chi connectivity index (χ3n) is 3.73. The van der Waals surface area contributed by atoms with Crippen LogP contribution in [0.1, 0.15) is 42.0 Å². The summed E-state index contributed by atoms with van der Waals surface area (Å²) < 4.78 is 5.68. The van der Waals surface area contributed by atoms with Crippen LogP contribution in [0.4, 0.5) is 0 Å². The first-order valence-corrected chi connectivity index (χ1v) is 6.51. The highest BCUT2D eigenvalue weighted by Gasteiger charge is 2.21. The van der Waals surface area contributed by atoms with E-state index >= 15 is 0 Å². The van der Waals surface area contributed by atoms with Crippen molar-refractivity contribution >= 4 is 0 Å². The molecule has 92 valence electrons. The number of aliphatic hydroxyl groups is 1. The fourth-order valence-corrected chi connectivity index (χ4v) is 2.88. The van der Waals surface area contributed by atoms with E-state index in [2.05, 4.69) is 17.4 Å². The molecule has 1 saturated heterocycles. The Morgan fingerprint density at radius 3 is 3.06 bits per heavy atom. The summed E-state index contributed by atoms with van der Waals surface area (Å²) >= 11 is 0. The lowest BCUT2D eigenvalue weighted by atomic mass is 9.95. The number of hydrogen-bond donors (Lipinski definition) is 2. The van der Waals surface area contributed by atoms with Crippen molar-refractivity contribution in [2.24, 2.45) is 0 Å². The second-order valence-electron chi connectivity index (χ2n) is 4.93. The van der Waals surface area contributed by atoms with Crippen LogP contribution in [0.5, 0.6) is 5.75 Å². The van der Waals surface area contributed by atoms with E-state index < -0.39 is 0 Å². The van der Waals surface area contributed by atoms with Gasteiger partial charge in [-0.25, -0.2) is 0 Å². The van der Waals surface area contributed by atoms with Crippen LogP contribution in [0.3, 0.4) is 0 Å². The lowest BCUT2D eigenvalue weighted by Gasteiger charge is -2.22. The van der Waals surface area contributed by atoms with E-state index in [1.54, 1.807) is 0 Å². The molecule has 0 radical (unpaired) electrons. The summed E-state index contributed by atoms with van der Waals surface area (Å²) in [4.78, 5) is 0. The van der Waals surface area contributed by atoms with Gasteiger partial charge in [0.2, 0.25) is 0 Å². The van der Waals surface area contributed by atoms with Crippen molar-refractivity contribution in [2.75, 3.05) is 13.2 Å². The lowest BCUT2D eigenvalue weighted by Crippen LogP contribution is -2.16. The fraction of sp³-hybridized carbons (Fsp3) is 0.571. The molecule has 0 aliphatic carbocycles. The average molecular weight is 233 g/mol. The predicted octanol–water partition coefficient (Wildman–Crippen LogP) is 1.93. The van der Waals surface area contributed by atoms with Crippen LogP contribution in [0.2, 0.25) is 0 Å². The number of aryl methyl sites for hydroxylation is 1. The molecule has 1 atom stereocenters. The molecular formula is C14H19NO2. The van der Waals surface area contributed by atoms with E-state index in [1.807, 2.05) is 0 Å². The molecule has 0 aromatic heterocycles. The molecule has 1 aromatic carbocycles. The molecule has 2 heterocycles. The topological polar surface area (TPSA) is 41.5 Å². The van der Waals surface area contributed by atoms with Crippen LogP contribution >= 0.6 is 0 Å². The van der Waals surface area contributed by atoms with Gasteiger partial charge in [0.15, 0.2) is 0 Å². The molecular weight excluding hydrogens is 214 g/mol. The zero-order chi connectivity index (χ0) is 11.7. The van der Waals surface area contributed by atoms with Gasteiger partial charge in [-0.1, -0.05) is 6.07 Å². The Labute approximate surface area is 102 Å². The summed E-state index contributed by atoms with van der Waals surface area (Å²) in [6, 6.07) is 4.83. The van der Waals surface area contributed by atoms with Crippen molar-refractivity contribution in [3.05, 3.63) is 28.8 Å². The molecule has 0 bridgehead atoms. The number of benzene rings is 1. The van der Waals surface area contributed by atoms with Gasteiger partial charge in [0.05, 0.1) is 13.2 Å². The van der Waals surface area contributed by atoms with Crippen molar-refractivity contribution in [2.45, 2.75) is 38.3 Å². The lowest BCUT2D eigenvalue weighted by molar-refractivity contribution is 0.251. The Morgan fingerprint density at radius 2 is 2.29 bits per heavy atom. The quantitative estimate of drug-likeness (QED) is 0.820. The van der Waals surface area contributed by atoms with E-state index in [4.69, 9.17) is 4.74 Å². The maximum absolute atomic E-state index is 9.46. The summed E-state index contributed by atoms with van der Waals surface area (Å²) in [5.41, 5.74) is 3.54.